The molecule has 0 fully saturated rings. The van der Waals surface area contributed by atoms with Gasteiger partial charge >= 0.3 is 0 Å². The van der Waals surface area contributed by atoms with Crippen molar-refractivity contribution in [1.29, 1.82) is 0 Å². The highest BCUT2D eigenvalue weighted by Gasteiger charge is 2.01. The highest BCUT2D eigenvalue weighted by atomic mass is 19.1. The first-order valence-corrected chi connectivity index (χ1v) is 4.31. The van der Waals surface area contributed by atoms with Crippen molar-refractivity contribution < 1.29 is 13.2 Å². The van der Waals surface area contributed by atoms with E-state index in [9.17, 15) is 8.78 Å². The average Bonchev–Trinajstić information content (AvgIpc) is 2.65. The minimum atomic E-state index is -0.616. The third kappa shape index (κ3) is 2.52. The average molecular weight is 210 g/mol. The van der Waals surface area contributed by atoms with E-state index in [0.717, 1.165) is 6.07 Å². The molecule has 1 aromatic heterocycles. The van der Waals surface area contributed by atoms with Crippen molar-refractivity contribution >= 4 is 5.69 Å². The number of oxazole rings is 1. The Kier molecular flexibility index (Phi) is 2.62. The van der Waals surface area contributed by atoms with E-state index in [2.05, 4.69) is 10.3 Å². The molecule has 0 saturated heterocycles. The standard InChI is InChI=1S/C10H8F2N2O/c11-7-1-8(12)3-9(2-7)14-5-10-4-13-6-15-10/h1-4,6,14H,5H2. The molecule has 2 rings (SSSR count). The molecule has 0 atom stereocenters. The van der Waals surface area contributed by atoms with Crippen molar-refractivity contribution in [3.8, 4) is 0 Å². The molecule has 0 spiro atoms. The molecular weight excluding hydrogens is 202 g/mol. The van der Waals surface area contributed by atoms with Crippen LogP contribution in [0.2, 0.25) is 0 Å². The maximum atomic E-state index is 12.8. The van der Waals surface area contributed by atoms with Gasteiger partial charge in [0.25, 0.3) is 0 Å². The van der Waals surface area contributed by atoms with Crippen LogP contribution in [0.3, 0.4) is 0 Å². The van der Waals surface area contributed by atoms with Gasteiger partial charge in [-0.25, -0.2) is 13.8 Å². The van der Waals surface area contributed by atoms with Gasteiger partial charge in [-0.05, 0) is 12.1 Å². The van der Waals surface area contributed by atoms with E-state index in [4.69, 9.17) is 4.42 Å². The van der Waals surface area contributed by atoms with Gasteiger partial charge in [0, 0.05) is 11.8 Å². The summed E-state index contributed by atoms with van der Waals surface area (Å²) in [5.74, 6) is -0.634. The van der Waals surface area contributed by atoms with Crippen LogP contribution in [-0.2, 0) is 6.54 Å². The van der Waals surface area contributed by atoms with Crippen LogP contribution in [0.25, 0.3) is 0 Å². The summed E-state index contributed by atoms with van der Waals surface area (Å²) >= 11 is 0. The second-order valence-corrected chi connectivity index (χ2v) is 2.98. The Morgan fingerprint density at radius 2 is 1.93 bits per heavy atom. The Balaban J connectivity index is 2.05. The lowest BCUT2D eigenvalue weighted by molar-refractivity contribution is 0.511. The normalized spacial score (nSPS) is 10.3. The number of rotatable bonds is 3. The molecular formula is C10H8F2N2O. The Hall–Kier alpha value is -1.91. The molecule has 0 bridgehead atoms. The molecule has 0 amide bonds. The third-order valence-corrected chi connectivity index (χ3v) is 1.81. The van der Waals surface area contributed by atoms with Crippen molar-refractivity contribution in [3.63, 3.8) is 0 Å². The van der Waals surface area contributed by atoms with Gasteiger partial charge in [-0.2, -0.15) is 0 Å². The van der Waals surface area contributed by atoms with Gasteiger partial charge < -0.3 is 9.73 Å². The summed E-state index contributed by atoms with van der Waals surface area (Å²) in [6.45, 7) is 0.336. The minimum Gasteiger partial charge on any atom is -0.447 e. The van der Waals surface area contributed by atoms with Crippen molar-refractivity contribution in [1.82, 2.24) is 4.98 Å². The summed E-state index contributed by atoms with van der Waals surface area (Å²) in [7, 11) is 0. The lowest BCUT2D eigenvalue weighted by Crippen LogP contribution is -1.99. The number of benzene rings is 1. The number of aromatic nitrogens is 1. The smallest absolute Gasteiger partial charge is 0.180 e. The Labute approximate surface area is 84.7 Å². The van der Waals surface area contributed by atoms with E-state index in [1.807, 2.05) is 0 Å². The fourth-order valence-corrected chi connectivity index (χ4v) is 1.17. The zero-order valence-electron chi connectivity index (χ0n) is 7.71. The molecule has 0 aliphatic carbocycles. The summed E-state index contributed by atoms with van der Waals surface area (Å²) in [4.78, 5) is 3.71. The summed E-state index contributed by atoms with van der Waals surface area (Å²) in [6, 6.07) is 3.23. The van der Waals surface area contributed by atoms with Crippen molar-refractivity contribution in [2.45, 2.75) is 6.54 Å². The Morgan fingerprint density at radius 3 is 2.53 bits per heavy atom. The van der Waals surface area contributed by atoms with Gasteiger partial charge in [-0.1, -0.05) is 0 Å². The van der Waals surface area contributed by atoms with Gasteiger partial charge in [-0.15, -0.1) is 0 Å². The van der Waals surface area contributed by atoms with Crippen LogP contribution in [-0.4, -0.2) is 4.98 Å². The van der Waals surface area contributed by atoms with Gasteiger partial charge in [0.15, 0.2) is 6.39 Å². The van der Waals surface area contributed by atoms with Gasteiger partial charge in [0.05, 0.1) is 12.7 Å². The summed E-state index contributed by atoms with van der Waals surface area (Å²) in [6.07, 6.45) is 2.83. The van der Waals surface area contributed by atoms with E-state index >= 15 is 0 Å². The fourth-order valence-electron chi connectivity index (χ4n) is 1.17. The van der Waals surface area contributed by atoms with E-state index in [-0.39, 0.29) is 0 Å². The molecule has 1 N–H and O–H groups in total. The quantitative estimate of drug-likeness (QED) is 0.846. The molecule has 0 aliphatic rings. The maximum Gasteiger partial charge on any atom is 0.180 e. The molecule has 1 heterocycles. The molecule has 3 nitrogen and oxygen atoms in total. The zero-order chi connectivity index (χ0) is 10.7. The zero-order valence-corrected chi connectivity index (χ0v) is 7.71. The molecule has 0 saturated carbocycles. The topological polar surface area (TPSA) is 38.1 Å². The summed E-state index contributed by atoms with van der Waals surface area (Å²) < 4.78 is 30.5. The SMILES string of the molecule is Fc1cc(F)cc(NCc2cnco2)c1. The van der Waals surface area contributed by atoms with E-state index < -0.39 is 11.6 Å². The molecule has 15 heavy (non-hydrogen) atoms. The van der Waals surface area contributed by atoms with Crippen LogP contribution in [0.1, 0.15) is 5.76 Å². The largest absolute Gasteiger partial charge is 0.447 e. The maximum absolute atomic E-state index is 12.8. The van der Waals surface area contributed by atoms with Crippen LogP contribution >= 0.6 is 0 Å². The van der Waals surface area contributed by atoms with E-state index in [0.29, 0.717) is 18.0 Å². The van der Waals surface area contributed by atoms with Crippen LogP contribution in [0.15, 0.2) is 35.2 Å². The summed E-state index contributed by atoms with van der Waals surface area (Å²) in [5.41, 5.74) is 0.365. The van der Waals surface area contributed by atoms with Crippen molar-refractivity contribution in [3.05, 3.63) is 48.2 Å². The molecule has 78 valence electrons. The van der Waals surface area contributed by atoms with Crippen LogP contribution < -0.4 is 5.32 Å². The van der Waals surface area contributed by atoms with Crippen LogP contribution in [0, 0.1) is 11.6 Å². The second-order valence-electron chi connectivity index (χ2n) is 2.98. The van der Waals surface area contributed by atoms with E-state index in [1.54, 1.807) is 0 Å². The predicted molar refractivity (Wildman–Crippen MR) is 50.2 cm³/mol. The van der Waals surface area contributed by atoms with Crippen LogP contribution in [0.4, 0.5) is 14.5 Å². The fraction of sp³-hybridized carbons (Fsp3) is 0.100. The molecule has 0 radical (unpaired) electrons. The molecule has 0 aliphatic heterocycles. The van der Waals surface area contributed by atoms with Gasteiger partial charge in [-0.3, -0.25) is 0 Å². The molecule has 1 aromatic carbocycles. The Morgan fingerprint density at radius 1 is 1.20 bits per heavy atom. The monoisotopic (exact) mass is 210 g/mol. The molecule has 2 aromatic rings. The van der Waals surface area contributed by atoms with Crippen LogP contribution in [0.5, 0.6) is 0 Å². The first kappa shape index (κ1) is 9.64. The first-order valence-electron chi connectivity index (χ1n) is 4.31. The lowest BCUT2D eigenvalue weighted by Gasteiger charge is -2.03. The van der Waals surface area contributed by atoms with Gasteiger partial charge in [0.1, 0.15) is 17.4 Å². The van der Waals surface area contributed by atoms with Crippen molar-refractivity contribution in [2.24, 2.45) is 0 Å². The Bertz CT molecular complexity index is 422. The van der Waals surface area contributed by atoms with E-state index in [1.165, 1.54) is 24.7 Å². The lowest BCUT2D eigenvalue weighted by atomic mass is 10.3. The number of halogens is 2. The highest BCUT2D eigenvalue weighted by Crippen LogP contribution is 2.13. The third-order valence-electron chi connectivity index (χ3n) is 1.81. The number of nitrogens with one attached hydrogen (secondary N) is 1. The van der Waals surface area contributed by atoms with Gasteiger partial charge in [0.2, 0.25) is 0 Å². The number of anilines is 1. The number of nitrogens with zero attached hydrogens (tertiary/aromatic N) is 1. The number of hydrogen-bond donors (Lipinski definition) is 1. The molecule has 0 unspecified atom stereocenters. The minimum absolute atomic E-state index is 0.336. The second kappa shape index (κ2) is 4.08. The number of hydrogen-bond acceptors (Lipinski definition) is 3. The highest BCUT2D eigenvalue weighted by molar-refractivity contribution is 5.43. The first-order chi connectivity index (χ1) is 7.24. The summed E-state index contributed by atoms with van der Waals surface area (Å²) in [5, 5.41) is 2.81. The predicted octanol–water partition coefficient (Wildman–Crippen LogP) is 2.56. The van der Waals surface area contributed by atoms with Crippen molar-refractivity contribution in [2.75, 3.05) is 5.32 Å². The molecule has 5 heteroatoms.